The number of carbonyl (C=O) groups excluding carboxylic acids is 1. The van der Waals surface area contributed by atoms with Gasteiger partial charge in [-0.25, -0.2) is 4.98 Å². The van der Waals surface area contributed by atoms with Crippen LogP contribution in [0, 0.1) is 12.8 Å². The Hall–Kier alpha value is -2.15. The van der Waals surface area contributed by atoms with Gasteiger partial charge in [0, 0.05) is 21.2 Å². The van der Waals surface area contributed by atoms with E-state index < -0.39 is 18.0 Å². The van der Waals surface area contributed by atoms with E-state index in [1.807, 2.05) is 47.9 Å². The molecule has 0 aliphatic heterocycles. The number of aliphatic hydroxyl groups excluding tert-OH is 1. The minimum absolute atomic E-state index is 0.411. The fourth-order valence-electron chi connectivity index (χ4n) is 3.67. The number of aryl methyl sites for hydroxylation is 2. The van der Waals surface area contributed by atoms with Gasteiger partial charge in [-0.3, -0.25) is 4.79 Å². The van der Waals surface area contributed by atoms with E-state index in [1.54, 1.807) is 17.5 Å². The Morgan fingerprint density at radius 1 is 1.29 bits per heavy atom. The normalized spacial score (nSPS) is 13.2. The number of thiophene rings is 1. The second-order valence-corrected chi connectivity index (χ2v) is 9.45. The average Bonchev–Trinajstić information content (AvgIpc) is 3.36. The van der Waals surface area contributed by atoms with E-state index in [1.165, 1.54) is 12.0 Å². The topological polar surface area (TPSA) is 64.3 Å². The van der Waals surface area contributed by atoms with Gasteiger partial charge in [0.1, 0.15) is 11.9 Å². The summed E-state index contributed by atoms with van der Waals surface area (Å²) in [5, 5.41) is 12.0. The minimum atomic E-state index is -1.04. The molecule has 3 aromatic rings. The Morgan fingerprint density at radius 2 is 2.06 bits per heavy atom. The molecule has 31 heavy (non-hydrogen) atoms. The first-order chi connectivity index (χ1) is 14.9. The van der Waals surface area contributed by atoms with Gasteiger partial charge in [0.15, 0.2) is 0 Å². The van der Waals surface area contributed by atoms with Crippen molar-refractivity contribution in [2.24, 2.45) is 5.92 Å². The SMILES string of the molecule is CCCCc1ncc(C(O)C(Cc2ccc(C)s2)C(=O)OC)n1Cc1ccccc1Cl. The molecule has 1 aromatic carbocycles. The molecule has 7 heteroatoms. The van der Waals surface area contributed by atoms with Crippen molar-refractivity contribution in [2.75, 3.05) is 7.11 Å². The summed E-state index contributed by atoms with van der Waals surface area (Å²) in [5.74, 6) is -0.269. The lowest BCUT2D eigenvalue weighted by Crippen LogP contribution is -2.27. The van der Waals surface area contributed by atoms with Gasteiger partial charge >= 0.3 is 5.97 Å². The molecule has 0 radical (unpaired) electrons. The summed E-state index contributed by atoms with van der Waals surface area (Å²) in [6.07, 6.45) is 3.88. The number of hydrogen-bond donors (Lipinski definition) is 1. The van der Waals surface area contributed by atoms with Crippen molar-refractivity contribution < 1.29 is 14.6 Å². The molecule has 0 bridgehead atoms. The molecule has 0 saturated heterocycles. The smallest absolute Gasteiger partial charge is 0.312 e. The van der Waals surface area contributed by atoms with Crippen LogP contribution in [-0.4, -0.2) is 27.7 Å². The monoisotopic (exact) mass is 460 g/mol. The molecule has 0 fully saturated rings. The number of unbranched alkanes of at least 4 members (excludes halogenated alkanes) is 1. The van der Waals surface area contributed by atoms with E-state index in [0.29, 0.717) is 23.7 Å². The molecule has 1 N–H and O–H groups in total. The fraction of sp³-hybridized carbons (Fsp3) is 0.417. The maximum absolute atomic E-state index is 12.6. The molecular weight excluding hydrogens is 432 g/mol. The second kappa shape index (κ2) is 10.9. The van der Waals surface area contributed by atoms with Crippen molar-refractivity contribution in [3.8, 4) is 0 Å². The van der Waals surface area contributed by atoms with Crippen LogP contribution in [0.5, 0.6) is 0 Å². The van der Waals surface area contributed by atoms with Gasteiger partial charge in [-0.1, -0.05) is 43.1 Å². The third kappa shape index (κ3) is 5.76. The summed E-state index contributed by atoms with van der Waals surface area (Å²) < 4.78 is 7.04. The van der Waals surface area contributed by atoms with Gasteiger partial charge in [-0.2, -0.15) is 0 Å². The number of rotatable bonds is 10. The van der Waals surface area contributed by atoms with Crippen LogP contribution in [-0.2, 0) is 28.9 Å². The predicted molar refractivity (Wildman–Crippen MR) is 125 cm³/mol. The highest BCUT2D eigenvalue weighted by Gasteiger charge is 2.32. The first kappa shape index (κ1) is 23.5. The van der Waals surface area contributed by atoms with Crippen molar-refractivity contribution >= 4 is 28.9 Å². The molecule has 5 nitrogen and oxygen atoms in total. The molecular formula is C24H29ClN2O3S. The Bertz CT molecular complexity index is 1010. The van der Waals surface area contributed by atoms with Gasteiger partial charge in [0.2, 0.25) is 0 Å². The van der Waals surface area contributed by atoms with Crippen molar-refractivity contribution in [3.05, 3.63) is 74.5 Å². The standard InChI is InChI=1S/C24H29ClN2O3S/c1-4-5-10-22-26-14-21(27(22)15-17-8-6-7-9-20(17)25)23(28)19(24(29)30-3)13-18-12-11-16(2)31-18/h6-9,11-12,14,19,23,28H,4-5,10,13,15H2,1-3H3. The highest BCUT2D eigenvalue weighted by atomic mass is 35.5. The predicted octanol–water partition coefficient (Wildman–Crippen LogP) is 5.36. The summed E-state index contributed by atoms with van der Waals surface area (Å²) in [6, 6.07) is 11.7. The molecule has 2 unspecified atom stereocenters. The van der Waals surface area contributed by atoms with Crippen LogP contribution in [0.25, 0.3) is 0 Å². The molecule has 166 valence electrons. The Morgan fingerprint density at radius 3 is 2.71 bits per heavy atom. The first-order valence-electron chi connectivity index (χ1n) is 10.5. The van der Waals surface area contributed by atoms with Gasteiger partial charge < -0.3 is 14.4 Å². The van der Waals surface area contributed by atoms with E-state index in [9.17, 15) is 9.90 Å². The summed E-state index contributed by atoms with van der Waals surface area (Å²) >= 11 is 8.03. The van der Waals surface area contributed by atoms with Crippen LogP contribution in [0.3, 0.4) is 0 Å². The second-order valence-electron chi connectivity index (χ2n) is 7.67. The molecule has 0 spiro atoms. The summed E-state index contributed by atoms with van der Waals surface area (Å²) in [7, 11) is 1.36. The average molecular weight is 461 g/mol. The van der Waals surface area contributed by atoms with Crippen molar-refractivity contribution in [2.45, 2.75) is 52.2 Å². The van der Waals surface area contributed by atoms with E-state index in [-0.39, 0.29) is 0 Å². The van der Waals surface area contributed by atoms with Gasteiger partial charge in [-0.15, -0.1) is 11.3 Å². The third-order valence-corrected chi connectivity index (χ3v) is 6.81. The van der Waals surface area contributed by atoms with Crippen LogP contribution < -0.4 is 0 Å². The maximum Gasteiger partial charge on any atom is 0.312 e. The zero-order valence-corrected chi connectivity index (χ0v) is 19.7. The first-order valence-corrected chi connectivity index (χ1v) is 11.7. The van der Waals surface area contributed by atoms with Crippen LogP contribution in [0.4, 0.5) is 0 Å². The molecule has 0 aliphatic rings. The number of carbonyl (C=O) groups is 1. The summed E-state index contributed by atoms with van der Waals surface area (Å²) in [6.45, 7) is 4.64. The third-order valence-electron chi connectivity index (χ3n) is 5.41. The number of hydrogen-bond acceptors (Lipinski definition) is 5. The Kier molecular flexibility index (Phi) is 8.29. The molecule has 0 amide bonds. The largest absolute Gasteiger partial charge is 0.469 e. The highest BCUT2D eigenvalue weighted by Crippen LogP contribution is 2.31. The molecule has 3 rings (SSSR count). The number of imidazole rings is 1. The van der Waals surface area contributed by atoms with Crippen molar-refractivity contribution in [3.63, 3.8) is 0 Å². The molecule has 2 aromatic heterocycles. The number of methoxy groups -OCH3 is 1. The number of nitrogens with zero attached hydrogens (tertiary/aromatic N) is 2. The number of aromatic nitrogens is 2. The maximum atomic E-state index is 12.6. The number of ether oxygens (including phenoxy) is 1. The number of esters is 1. The zero-order chi connectivity index (χ0) is 22.4. The highest BCUT2D eigenvalue weighted by molar-refractivity contribution is 7.11. The molecule has 2 heterocycles. The van der Waals surface area contributed by atoms with Crippen LogP contribution in [0.1, 0.15) is 52.7 Å². The molecule has 0 saturated carbocycles. The van der Waals surface area contributed by atoms with Crippen LogP contribution in [0.15, 0.2) is 42.6 Å². The lowest BCUT2D eigenvalue weighted by molar-refractivity contribution is -0.149. The van der Waals surface area contributed by atoms with Gasteiger partial charge in [-0.05, 0) is 43.5 Å². The number of aliphatic hydroxyl groups is 1. The zero-order valence-electron chi connectivity index (χ0n) is 18.2. The van der Waals surface area contributed by atoms with Gasteiger partial charge in [0.25, 0.3) is 0 Å². The van der Waals surface area contributed by atoms with Crippen molar-refractivity contribution in [1.82, 2.24) is 9.55 Å². The lowest BCUT2D eigenvalue weighted by atomic mass is 9.95. The van der Waals surface area contributed by atoms with E-state index >= 15 is 0 Å². The van der Waals surface area contributed by atoms with Crippen LogP contribution in [0.2, 0.25) is 5.02 Å². The summed E-state index contributed by atoms with van der Waals surface area (Å²) in [4.78, 5) is 19.4. The molecule has 0 aliphatic carbocycles. The number of benzene rings is 1. The lowest BCUT2D eigenvalue weighted by Gasteiger charge is -2.22. The Labute approximate surface area is 192 Å². The van der Waals surface area contributed by atoms with E-state index in [2.05, 4.69) is 11.9 Å². The quantitative estimate of drug-likeness (QED) is 0.413. The Balaban J connectivity index is 1.96. The van der Waals surface area contributed by atoms with Crippen molar-refractivity contribution in [1.29, 1.82) is 0 Å². The van der Waals surface area contributed by atoms with Crippen LogP contribution >= 0.6 is 22.9 Å². The summed E-state index contributed by atoms with van der Waals surface area (Å²) in [5.41, 5.74) is 1.55. The molecule has 2 atom stereocenters. The minimum Gasteiger partial charge on any atom is -0.469 e. The van der Waals surface area contributed by atoms with E-state index in [0.717, 1.165) is 35.5 Å². The van der Waals surface area contributed by atoms with Gasteiger partial charge in [0.05, 0.1) is 31.5 Å². The number of halogens is 1. The fourth-order valence-corrected chi connectivity index (χ4v) is 4.82. The van der Waals surface area contributed by atoms with E-state index in [4.69, 9.17) is 16.3 Å².